The van der Waals surface area contributed by atoms with Crippen LogP contribution in [0.1, 0.15) is 17.5 Å². The molecule has 2 aromatic heterocycles. The minimum absolute atomic E-state index is 0.769. The Balaban J connectivity index is 2.02. The fourth-order valence-electron chi connectivity index (χ4n) is 1.35. The zero-order chi connectivity index (χ0) is 11.5. The summed E-state index contributed by atoms with van der Waals surface area (Å²) < 4.78 is 3.07. The third-order valence-electron chi connectivity index (χ3n) is 2.32. The fraction of sp³-hybridized carbons (Fsp3) is 0.400. The largest absolute Gasteiger partial charge is 0.356 e. The van der Waals surface area contributed by atoms with Crippen molar-refractivity contribution in [2.75, 3.05) is 5.32 Å². The second-order valence-electron chi connectivity index (χ2n) is 3.40. The van der Waals surface area contributed by atoms with Crippen LogP contribution in [0.15, 0.2) is 12.4 Å². The molecule has 6 heteroatoms. The van der Waals surface area contributed by atoms with E-state index in [-0.39, 0.29) is 0 Å². The Bertz CT molecular complexity index is 457. The smallest absolute Gasteiger partial charge is 0.183 e. The SMILES string of the molecule is CCc1cnc(NCc2c(I)cnn2C)s1. The average Bonchev–Trinajstić information content (AvgIpc) is 2.85. The van der Waals surface area contributed by atoms with Gasteiger partial charge in [0.1, 0.15) is 0 Å². The number of halogens is 1. The van der Waals surface area contributed by atoms with Gasteiger partial charge in [0.05, 0.1) is 22.0 Å². The standard InChI is InChI=1S/C10H13IN4S/c1-3-7-4-12-10(16-7)13-6-9-8(11)5-14-15(9)2/h4-5H,3,6H2,1-2H3,(H,12,13). The van der Waals surface area contributed by atoms with E-state index in [9.17, 15) is 0 Å². The molecule has 0 aromatic carbocycles. The molecule has 0 saturated carbocycles. The first-order valence-corrected chi connectivity index (χ1v) is 6.95. The number of thiazole rings is 1. The molecule has 2 heterocycles. The van der Waals surface area contributed by atoms with Gasteiger partial charge in [-0.2, -0.15) is 5.10 Å². The van der Waals surface area contributed by atoms with Crippen LogP contribution in [0.4, 0.5) is 5.13 Å². The number of anilines is 1. The fourth-order valence-corrected chi connectivity index (χ4v) is 2.76. The second-order valence-corrected chi connectivity index (χ2v) is 5.68. The molecule has 0 saturated heterocycles. The zero-order valence-electron chi connectivity index (χ0n) is 9.20. The Hall–Kier alpha value is -0.630. The molecule has 0 atom stereocenters. The van der Waals surface area contributed by atoms with Crippen LogP contribution >= 0.6 is 33.9 Å². The lowest BCUT2D eigenvalue weighted by molar-refractivity contribution is 0.719. The van der Waals surface area contributed by atoms with Crippen LogP contribution < -0.4 is 5.32 Å². The van der Waals surface area contributed by atoms with Crippen molar-refractivity contribution < 1.29 is 0 Å². The molecule has 0 unspecified atom stereocenters. The summed E-state index contributed by atoms with van der Waals surface area (Å²) in [6.45, 7) is 2.91. The highest BCUT2D eigenvalue weighted by Gasteiger charge is 2.06. The third kappa shape index (κ3) is 2.54. The summed E-state index contributed by atoms with van der Waals surface area (Å²) in [5, 5.41) is 8.51. The first-order valence-electron chi connectivity index (χ1n) is 5.05. The van der Waals surface area contributed by atoms with Crippen molar-refractivity contribution in [1.82, 2.24) is 14.8 Å². The van der Waals surface area contributed by atoms with E-state index in [2.05, 4.69) is 44.9 Å². The normalized spacial score (nSPS) is 10.7. The van der Waals surface area contributed by atoms with E-state index < -0.39 is 0 Å². The molecule has 0 bridgehead atoms. The summed E-state index contributed by atoms with van der Waals surface area (Å²) in [6.07, 6.45) is 4.85. The van der Waals surface area contributed by atoms with E-state index in [1.54, 1.807) is 11.3 Å². The van der Waals surface area contributed by atoms with Crippen molar-refractivity contribution in [3.8, 4) is 0 Å². The predicted molar refractivity (Wildman–Crippen MR) is 74.7 cm³/mol. The van der Waals surface area contributed by atoms with Crippen LogP contribution in [0.2, 0.25) is 0 Å². The highest BCUT2D eigenvalue weighted by atomic mass is 127. The van der Waals surface area contributed by atoms with Crippen LogP contribution in [0.25, 0.3) is 0 Å². The van der Waals surface area contributed by atoms with Gasteiger partial charge in [0.15, 0.2) is 5.13 Å². The van der Waals surface area contributed by atoms with E-state index >= 15 is 0 Å². The third-order valence-corrected chi connectivity index (χ3v) is 4.32. The van der Waals surface area contributed by atoms with Crippen LogP contribution in [0, 0.1) is 3.57 Å². The molecule has 1 N–H and O–H groups in total. The summed E-state index contributed by atoms with van der Waals surface area (Å²) in [6, 6.07) is 0. The van der Waals surface area contributed by atoms with Crippen LogP contribution in [0.3, 0.4) is 0 Å². The number of aromatic nitrogens is 3. The lowest BCUT2D eigenvalue weighted by Gasteiger charge is -2.03. The van der Waals surface area contributed by atoms with Crippen molar-refractivity contribution >= 4 is 39.1 Å². The molecule has 0 spiro atoms. The Morgan fingerprint density at radius 3 is 2.88 bits per heavy atom. The summed E-state index contributed by atoms with van der Waals surface area (Å²) in [4.78, 5) is 5.63. The average molecular weight is 348 g/mol. The Kier molecular flexibility index (Phi) is 3.80. The van der Waals surface area contributed by atoms with E-state index in [1.807, 2.05) is 24.1 Å². The molecular formula is C10H13IN4S. The molecule has 4 nitrogen and oxygen atoms in total. The molecule has 86 valence electrons. The molecule has 2 aromatic rings. The van der Waals surface area contributed by atoms with E-state index in [0.29, 0.717) is 0 Å². The number of aryl methyl sites for hydroxylation is 2. The molecule has 0 aliphatic rings. The number of nitrogens with zero attached hydrogens (tertiary/aromatic N) is 3. The highest BCUT2D eigenvalue weighted by Crippen LogP contribution is 2.19. The van der Waals surface area contributed by atoms with Gasteiger partial charge in [0.25, 0.3) is 0 Å². The lowest BCUT2D eigenvalue weighted by atomic mass is 10.4. The van der Waals surface area contributed by atoms with Gasteiger partial charge < -0.3 is 5.32 Å². The van der Waals surface area contributed by atoms with Gasteiger partial charge in [-0.15, -0.1) is 11.3 Å². The molecule has 16 heavy (non-hydrogen) atoms. The molecule has 0 radical (unpaired) electrons. The van der Waals surface area contributed by atoms with E-state index in [4.69, 9.17) is 0 Å². The number of hydrogen-bond donors (Lipinski definition) is 1. The quantitative estimate of drug-likeness (QED) is 0.864. The maximum atomic E-state index is 4.32. The molecule has 0 fully saturated rings. The Labute approximate surface area is 112 Å². The summed E-state index contributed by atoms with van der Waals surface area (Å²) in [7, 11) is 1.96. The summed E-state index contributed by atoms with van der Waals surface area (Å²) >= 11 is 4.01. The maximum Gasteiger partial charge on any atom is 0.183 e. The first-order chi connectivity index (χ1) is 7.70. The van der Waals surface area contributed by atoms with Gasteiger partial charge in [0, 0.05) is 18.1 Å². The molecule has 0 aliphatic carbocycles. The molecule has 2 rings (SSSR count). The number of nitrogens with one attached hydrogen (secondary N) is 1. The predicted octanol–water partition coefficient (Wildman–Crippen LogP) is 2.66. The lowest BCUT2D eigenvalue weighted by Crippen LogP contribution is -2.06. The van der Waals surface area contributed by atoms with Crippen molar-refractivity contribution in [3.63, 3.8) is 0 Å². The monoisotopic (exact) mass is 348 g/mol. The van der Waals surface area contributed by atoms with Crippen LogP contribution in [-0.4, -0.2) is 14.8 Å². The van der Waals surface area contributed by atoms with Gasteiger partial charge >= 0.3 is 0 Å². The molecule has 0 aliphatic heterocycles. The van der Waals surface area contributed by atoms with Crippen molar-refractivity contribution in [2.45, 2.75) is 19.9 Å². The Morgan fingerprint density at radius 1 is 1.50 bits per heavy atom. The first kappa shape index (κ1) is 11.8. The van der Waals surface area contributed by atoms with Crippen molar-refractivity contribution in [1.29, 1.82) is 0 Å². The van der Waals surface area contributed by atoms with Gasteiger partial charge in [0.2, 0.25) is 0 Å². The second kappa shape index (κ2) is 5.13. The molecular weight excluding hydrogens is 335 g/mol. The van der Waals surface area contributed by atoms with E-state index in [0.717, 1.165) is 18.1 Å². The minimum Gasteiger partial charge on any atom is -0.356 e. The zero-order valence-corrected chi connectivity index (χ0v) is 12.2. The van der Waals surface area contributed by atoms with Gasteiger partial charge in [-0.1, -0.05) is 6.92 Å². The van der Waals surface area contributed by atoms with Gasteiger partial charge in [-0.05, 0) is 29.0 Å². The van der Waals surface area contributed by atoms with Gasteiger partial charge in [-0.3, -0.25) is 4.68 Å². The number of rotatable bonds is 4. The molecule has 0 amide bonds. The van der Waals surface area contributed by atoms with Crippen molar-refractivity contribution in [2.24, 2.45) is 7.05 Å². The number of hydrogen-bond acceptors (Lipinski definition) is 4. The van der Waals surface area contributed by atoms with Crippen molar-refractivity contribution in [3.05, 3.63) is 26.5 Å². The Morgan fingerprint density at radius 2 is 2.31 bits per heavy atom. The topological polar surface area (TPSA) is 42.7 Å². The van der Waals surface area contributed by atoms with E-state index in [1.165, 1.54) is 14.1 Å². The minimum atomic E-state index is 0.769. The summed E-state index contributed by atoms with van der Waals surface area (Å²) in [5.74, 6) is 0. The van der Waals surface area contributed by atoms with Crippen LogP contribution in [-0.2, 0) is 20.0 Å². The highest BCUT2D eigenvalue weighted by molar-refractivity contribution is 14.1. The maximum absolute atomic E-state index is 4.32. The summed E-state index contributed by atoms with van der Waals surface area (Å²) in [5.41, 5.74) is 1.19. The van der Waals surface area contributed by atoms with Crippen LogP contribution in [0.5, 0.6) is 0 Å². The van der Waals surface area contributed by atoms with Gasteiger partial charge in [-0.25, -0.2) is 4.98 Å².